The van der Waals surface area contributed by atoms with Crippen molar-refractivity contribution in [3.8, 4) is 10.8 Å². The number of anilines is 1. The molecule has 1 aliphatic rings. The Morgan fingerprint density at radius 2 is 2.23 bits per heavy atom. The van der Waals surface area contributed by atoms with Crippen molar-refractivity contribution in [1.82, 2.24) is 15.6 Å². The molecule has 166 valence electrons. The monoisotopic (exact) mass is 559 g/mol. The second-order valence-corrected chi connectivity index (χ2v) is 7.94. The molecular weight excluding hydrogens is 535 g/mol. The quantitative estimate of drug-likeness (QED) is 0.262. The van der Waals surface area contributed by atoms with Crippen LogP contribution in [0.3, 0.4) is 0 Å². The average molecular weight is 559 g/mol. The largest absolute Gasteiger partial charge is 0.443 e. The minimum atomic E-state index is -0.568. The maximum atomic E-state index is 14.1. The van der Waals surface area contributed by atoms with Gasteiger partial charge in [-0.05, 0) is 36.9 Å². The van der Waals surface area contributed by atoms with Crippen LogP contribution in [-0.2, 0) is 6.54 Å². The molecule has 0 bridgehead atoms. The van der Waals surface area contributed by atoms with Gasteiger partial charge in [-0.1, -0.05) is 6.07 Å². The van der Waals surface area contributed by atoms with Gasteiger partial charge in [0.05, 0.1) is 17.1 Å². The van der Waals surface area contributed by atoms with Crippen molar-refractivity contribution in [2.24, 2.45) is 4.99 Å². The summed E-state index contributed by atoms with van der Waals surface area (Å²) in [5, 5.41) is 8.60. The molecule has 1 aromatic carbocycles. The smallest absolute Gasteiger partial charge is 0.236 e. The van der Waals surface area contributed by atoms with Crippen LogP contribution in [0.4, 0.5) is 14.5 Å². The van der Waals surface area contributed by atoms with Crippen LogP contribution in [-0.4, -0.2) is 36.6 Å². The summed E-state index contributed by atoms with van der Waals surface area (Å²) >= 11 is 1.57. The summed E-state index contributed by atoms with van der Waals surface area (Å²) in [7, 11) is 0. The number of thiophene rings is 1. The predicted molar refractivity (Wildman–Crippen MR) is 130 cm³/mol. The van der Waals surface area contributed by atoms with E-state index < -0.39 is 11.6 Å². The van der Waals surface area contributed by atoms with Gasteiger partial charge in [-0.15, -0.1) is 35.3 Å². The lowest BCUT2D eigenvalue weighted by Gasteiger charge is -2.20. The molecule has 0 spiro atoms. The molecule has 3 heterocycles. The van der Waals surface area contributed by atoms with Gasteiger partial charge in [0.15, 0.2) is 5.96 Å². The van der Waals surface area contributed by atoms with Crippen molar-refractivity contribution in [1.29, 1.82) is 0 Å². The Morgan fingerprint density at radius 1 is 1.35 bits per heavy atom. The first-order valence-corrected chi connectivity index (χ1v) is 10.7. The van der Waals surface area contributed by atoms with E-state index in [2.05, 4.69) is 20.6 Å². The van der Waals surface area contributed by atoms with Crippen molar-refractivity contribution in [2.75, 3.05) is 24.5 Å². The van der Waals surface area contributed by atoms with Crippen LogP contribution < -0.4 is 15.5 Å². The number of guanidine groups is 1. The Kier molecular flexibility index (Phi) is 8.24. The van der Waals surface area contributed by atoms with E-state index in [4.69, 9.17) is 4.42 Å². The zero-order valence-electron chi connectivity index (χ0n) is 17.0. The number of halogens is 3. The highest BCUT2D eigenvalue weighted by molar-refractivity contribution is 14.0. The Hall–Kier alpha value is -2.21. The minimum Gasteiger partial charge on any atom is -0.443 e. The van der Waals surface area contributed by atoms with Gasteiger partial charge in [0.25, 0.3) is 0 Å². The maximum absolute atomic E-state index is 14.1. The van der Waals surface area contributed by atoms with E-state index in [0.29, 0.717) is 43.7 Å². The Bertz CT molecular complexity index is 1010. The summed E-state index contributed by atoms with van der Waals surface area (Å²) < 4.78 is 32.8. The van der Waals surface area contributed by atoms with Gasteiger partial charge in [-0.3, -0.25) is 0 Å². The van der Waals surface area contributed by atoms with E-state index in [1.54, 1.807) is 17.6 Å². The van der Waals surface area contributed by atoms with Gasteiger partial charge in [0, 0.05) is 31.7 Å². The molecule has 0 aliphatic carbocycles. The van der Waals surface area contributed by atoms with Gasteiger partial charge in [-0.2, -0.15) is 0 Å². The molecule has 1 atom stereocenters. The highest BCUT2D eigenvalue weighted by atomic mass is 127. The fourth-order valence-corrected chi connectivity index (χ4v) is 4.06. The highest BCUT2D eigenvalue weighted by Crippen LogP contribution is 2.25. The fraction of sp³-hybridized carbons (Fsp3) is 0.333. The van der Waals surface area contributed by atoms with E-state index in [-0.39, 0.29) is 30.0 Å². The number of benzene rings is 1. The molecule has 3 aromatic rings. The highest BCUT2D eigenvalue weighted by Gasteiger charge is 2.25. The second kappa shape index (κ2) is 10.9. The topological polar surface area (TPSA) is 65.7 Å². The van der Waals surface area contributed by atoms with E-state index in [1.807, 2.05) is 29.3 Å². The molecule has 4 rings (SSSR count). The Morgan fingerprint density at radius 3 is 2.97 bits per heavy atom. The zero-order chi connectivity index (χ0) is 20.9. The summed E-state index contributed by atoms with van der Waals surface area (Å²) in [4.78, 5) is 12.0. The van der Waals surface area contributed by atoms with Crippen LogP contribution in [0.2, 0.25) is 0 Å². The van der Waals surface area contributed by atoms with Crippen LogP contribution >= 0.6 is 35.3 Å². The summed E-state index contributed by atoms with van der Waals surface area (Å²) in [6.07, 6.45) is 2.45. The number of aliphatic imine (C=N–C) groups is 1. The van der Waals surface area contributed by atoms with Crippen molar-refractivity contribution in [2.45, 2.75) is 25.9 Å². The van der Waals surface area contributed by atoms with Crippen LogP contribution in [0.15, 0.2) is 51.4 Å². The molecule has 1 fully saturated rings. The van der Waals surface area contributed by atoms with Gasteiger partial charge in [0.1, 0.15) is 23.6 Å². The molecule has 2 N–H and O–H groups in total. The molecule has 2 aromatic heterocycles. The first-order valence-electron chi connectivity index (χ1n) is 9.85. The molecule has 6 nitrogen and oxygen atoms in total. The van der Waals surface area contributed by atoms with Crippen LogP contribution in [0.25, 0.3) is 10.8 Å². The minimum absolute atomic E-state index is 0. The lowest BCUT2D eigenvalue weighted by molar-refractivity contribution is 0.574. The first kappa shape index (κ1) is 23.5. The third-order valence-electron chi connectivity index (χ3n) is 4.81. The number of hydrogen-bond acceptors (Lipinski definition) is 5. The van der Waals surface area contributed by atoms with Gasteiger partial charge < -0.3 is 20.0 Å². The van der Waals surface area contributed by atoms with Crippen molar-refractivity contribution >= 4 is 47.0 Å². The zero-order valence-corrected chi connectivity index (χ0v) is 20.1. The Labute approximate surface area is 200 Å². The number of nitrogens with zero attached hydrogens (tertiary/aromatic N) is 3. The number of aromatic nitrogens is 1. The van der Waals surface area contributed by atoms with E-state index in [0.717, 1.165) is 23.1 Å². The standard InChI is InChI=1S/C21H23F2N5OS.HI/c1-2-24-21(25-11-16-13-29-20(26-16)19-4-3-9-30-19)27-15-7-8-28(12-15)18-6-5-14(22)10-17(18)23;/h3-6,9-10,13,15H,2,7-8,11-12H2,1H3,(H2,24,25,27);1H. The van der Waals surface area contributed by atoms with Crippen LogP contribution in [0.1, 0.15) is 19.0 Å². The molecule has 0 amide bonds. The SMILES string of the molecule is CCNC(=NCc1coc(-c2cccs2)n1)NC1CCN(c2ccc(F)cc2F)C1.I. The van der Waals surface area contributed by atoms with Crippen LogP contribution in [0, 0.1) is 11.6 Å². The molecule has 1 aliphatic heterocycles. The lowest BCUT2D eigenvalue weighted by atomic mass is 10.2. The van der Waals surface area contributed by atoms with E-state index >= 15 is 0 Å². The molecule has 0 saturated carbocycles. The van der Waals surface area contributed by atoms with Crippen molar-refractivity contribution < 1.29 is 13.2 Å². The average Bonchev–Trinajstić information content (AvgIpc) is 3.48. The first-order chi connectivity index (χ1) is 14.6. The fourth-order valence-electron chi connectivity index (χ4n) is 3.40. The third kappa shape index (κ3) is 5.94. The molecule has 1 saturated heterocycles. The lowest BCUT2D eigenvalue weighted by Crippen LogP contribution is -2.44. The number of hydrogen-bond donors (Lipinski definition) is 2. The predicted octanol–water partition coefficient (Wildman–Crippen LogP) is 4.63. The molecular formula is C21H24F2IN5OS. The van der Waals surface area contributed by atoms with Crippen molar-refractivity contribution in [3.63, 3.8) is 0 Å². The van der Waals surface area contributed by atoms with Crippen molar-refractivity contribution in [3.05, 3.63) is 59.3 Å². The Balaban J connectivity index is 0.00000272. The summed E-state index contributed by atoms with van der Waals surface area (Å²) in [5.74, 6) is 0.163. The normalized spacial score (nSPS) is 16.3. The molecule has 1 unspecified atom stereocenters. The summed E-state index contributed by atoms with van der Waals surface area (Å²) in [5.41, 5.74) is 1.17. The molecule has 0 radical (unpaired) electrons. The van der Waals surface area contributed by atoms with Crippen LogP contribution in [0.5, 0.6) is 0 Å². The van der Waals surface area contributed by atoms with E-state index in [9.17, 15) is 8.78 Å². The van der Waals surface area contributed by atoms with Gasteiger partial charge in [0.2, 0.25) is 5.89 Å². The second-order valence-electron chi connectivity index (χ2n) is 6.99. The molecule has 31 heavy (non-hydrogen) atoms. The number of oxazole rings is 1. The van der Waals surface area contributed by atoms with E-state index in [1.165, 1.54) is 12.1 Å². The number of nitrogens with one attached hydrogen (secondary N) is 2. The molecule has 10 heteroatoms. The van der Waals surface area contributed by atoms with Gasteiger partial charge in [-0.25, -0.2) is 18.8 Å². The maximum Gasteiger partial charge on any atom is 0.236 e. The summed E-state index contributed by atoms with van der Waals surface area (Å²) in [6, 6.07) is 7.72. The third-order valence-corrected chi connectivity index (χ3v) is 5.66. The summed E-state index contributed by atoms with van der Waals surface area (Å²) in [6.45, 7) is 4.39. The number of rotatable bonds is 6. The van der Waals surface area contributed by atoms with Gasteiger partial charge >= 0.3 is 0 Å².